The molecule has 2 amide bonds. The standard InChI is InChI=1S/C19H20BrN3O3/c1-12-10-15(26-3)9-8-14(12)11-21-23-18(24)13(2)22-19(25)16-6-4-5-7-17(16)20/h4-11,13H,1-3H3,(H,22,25)(H,23,24). The molecule has 26 heavy (non-hydrogen) atoms. The monoisotopic (exact) mass is 417 g/mol. The average molecular weight is 418 g/mol. The minimum atomic E-state index is -0.733. The summed E-state index contributed by atoms with van der Waals surface area (Å²) in [7, 11) is 1.60. The van der Waals surface area contributed by atoms with E-state index in [1.54, 1.807) is 38.4 Å². The molecule has 0 aliphatic carbocycles. The van der Waals surface area contributed by atoms with Gasteiger partial charge in [0.05, 0.1) is 18.9 Å². The number of hydrogen-bond donors (Lipinski definition) is 2. The van der Waals surface area contributed by atoms with E-state index in [0.29, 0.717) is 10.0 Å². The molecule has 136 valence electrons. The first-order chi connectivity index (χ1) is 12.4. The number of nitrogens with one attached hydrogen (secondary N) is 2. The number of aryl methyl sites for hydroxylation is 1. The van der Waals surface area contributed by atoms with Crippen molar-refractivity contribution in [1.82, 2.24) is 10.7 Å². The Balaban J connectivity index is 1.93. The highest BCUT2D eigenvalue weighted by atomic mass is 79.9. The fourth-order valence-electron chi connectivity index (χ4n) is 2.17. The van der Waals surface area contributed by atoms with E-state index in [0.717, 1.165) is 16.9 Å². The maximum Gasteiger partial charge on any atom is 0.262 e. The number of carbonyl (C=O) groups excluding carboxylic acids is 2. The summed E-state index contributed by atoms with van der Waals surface area (Å²) >= 11 is 3.31. The lowest BCUT2D eigenvalue weighted by Crippen LogP contribution is -2.43. The van der Waals surface area contributed by atoms with Crippen LogP contribution in [0.15, 0.2) is 52.0 Å². The maximum atomic E-state index is 12.2. The van der Waals surface area contributed by atoms with Gasteiger partial charge in [-0.3, -0.25) is 9.59 Å². The van der Waals surface area contributed by atoms with E-state index in [-0.39, 0.29) is 5.91 Å². The molecule has 0 spiro atoms. The normalized spacial score (nSPS) is 11.8. The fraction of sp³-hybridized carbons (Fsp3) is 0.211. The highest BCUT2D eigenvalue weighted by Gasteiger charge is 2.17. The van der Waals surface area contributed by atoms with E-state index in [1.807, 2.05) is 31.2 Å². The first-order valence-corrected chi connectivity index (χ1v) is 8.74. The fourth-order valence-corrected chi connectivity index (χ4v) is 2.63. The molecule has 2 rings (SSSR count). The number of benzene rings is 2. The SMILES string of the molecule is COc1ccc(C=NNC(=O)C(C)NC(=O)c2ccccc2Br)c(C)c1. The van der Waals surface area contributed by atoms with Crippen LogP contribution in [-0.4, -0.2) is 31.2 Å². The van der Waals surface area contributed by atoms with E-state index in [4.69, 9.17) is 4.74 Å². The van der Waals surface area contributed by atoms with Gasteiger partial charge in [-0.05, 0) is 71.2 Å². The maximum absolute atomic E-state index is 12.2. The number of halogens is 1. The summed E-state index contributed by atoms with van der Waals surface area (Å²) in [6, 6.07) is 11.8. The van der Waals surface area contributed by atoms with Crippen molar-refractivity contribution in [3.63, 3.8) is 0 Å². The third kappa shape index (κ3) is 5.16. The summed E-state index contributed by atoms with van der Waals surface area (Å²) in [5, 5.41) is 6.59. The number of hydrazone groups is 1. The van der Waals surface area contributed by atoms with Gasteiger partial charge in [-0.1, -0.05) is 12.1 Å². The van der Waals surface area contributed by atoms with E-state index in [2.05, 4.69) is 31.8 Å². The molecule has 0 saturated heterocycles. The predicted molar refractivity (Wildman–Crippen MR) is 105 cm³/mol. The Kier molecular flexibility index (Phi) is 6.91. The first-order valence-electron chi connectivity index (χ1n) is 7.95. The molecule has 0 saturated carbocycles. The topological polar surface area (TPSA) is 79.8 Å². The van der Waals surface area contributed by atoms with Crippen molar-refractivity contribution in [3.05, 3.63) is 63.6 Å². The molecule has 6 nitrogen and oxygen atoms in total. The average Bonchev–Trinajstić information content (AvgIpc) is 2.63. The summed E-state index contributed by atoms with van der Waals surface area (Å²) in [5.74, 6) is 0.00927. The van der Waals surface area contributed by atoms with Gasteiger partial charge in [-0.25, -0.2) is 5.43 Å². The largest absolute Gasteiger partial charge is 0.497 e. The van der Waals surface area contributed by atoms with Gasteiger partial charge in [-0.2, -0.15) is 5.10 Å². The number of carbonyl (C=O) groups is 2. The molecule has 0 aliphatic rings. The summed E-state index contributed by atoms with van der Waals surface area (Å²) in [6.07, 6.45) is 1.55. The molecule has 7 heteroatoms. The lowest BCUT2D eigenvalue weighted by molar-refractivity contribution is -0.122. The first kappa shape index (κ1) is 19.7. The zero-order valence-corrected chi connectivity index (χ0v) is 16.3. The Bertz CT molecular complexity index is 837. The molecule has 2 aromatic rings. The van der Waals surface area contributed by atoms with Crippen LogP contribution in [0, 0.1) is 6.92 Å². The zero-order chi connectivity index (χ0) is 19.1. The molecule has 1 atom stereocenters. The van der Waals surface area contributed by atoms with Gasteiger partial charge < -0.3 is 10.1 Å². The number of ether oxygens (including phenoxy) is 1. The molecular weight excluding hydrogens is 398 g/mol. The van der Waals surface area contributed by atoms with Gasteiger partial charge in [0.15, 0.2) is 0 Å². The minimum Gasteiger partial charge on any atom is -0.497 e. The summed E-state index contributed by atoms with van der Waals surface area (Å²) < 4.78 is 5.81. The van der Waals surface area contributed by atoms with Crippen molar-refractivity contribution >= 4 is 34.0 Å². The Hall–Kier alpha value is -2.67. The zero-order valence-electron chi connectivity index (χ0n) is 14.7. The van der Waals surface area contributed by atoms with Gasteiger partial charge >= 0.3 is 0 Å². The quantitative estimate of drug-likeness (QED) is 0.559. The van der Waals surface area contributed by atoms with Crippen LogP contribution < -0.4 is 15.5 Å². The van der Waals surface area contributed by atoms with E-state index >= 15 is 0 Å². The van der Waals surface area contributed by atoms with Crippen LogP contribution in [0.25, 0.3) is 0 Å². The highest BCUT2D eigenvalue weighted by molar-refractivity contribution is 9.10. The number of hydrogen-bond acceptors (Lipinski definition) is 4. The van der Waals surface area contributed by atoms with Crippen LogP contribution in [0.5, 0.6) is 5.75 Å². The van der Waals surface area contributed by atoms with Crippen LogP contribution in [-0.2, 0) is 4.79 Å². The van der Waals surface area contributed by atoms with Crippen LogP contribution in [0.1, 0.15) is 28.4 Å². The van der Waals surface area contributed by atoms with Gasteiger partial charge in [-0.15, -0.1) is 0 Å². The van der Waals surface area contributed by atoms with Crippen molar-refractivity contribution in [2.45, 2.75) is 19.9 Å². The third-order valence-electron chi connectivity index (χ3n) is 3.71. The van der Waals surface area contributed by atoms with Crippen molar-refractivity contribution in [2.75, 3.05) is 7.11 Å². The van der Waals surface area contributed by atoms with Gasteiger partial charge in [0.1, 0.15) is 11.8 Å². The lowest BCUT2D eigenvalue weighted by atomic mass is 10.1. The Morgan fingerprint density at radius 2 is 1.96 bits per heavy atom. The molecule has 0 radical (unpaired) electrons. The molecule has 0 fully saturated rings. The smallest absolute Gasteiger partial charge is 0.262 e. The number of nitrogens with zero attached hydrogens (tertiary/aromatic N) is 1. The summed E-state index contributed by atoms with van der Waals surface area (Å²) in [6.45, 7) is 3.52. The van der Waals surface area contributed by atoms with Crippen LogP contribution >= 0.6 is 15.9 Å². The second kappa shape index (κ2) is 9.15. The second-order valence-electron chi connectivity index (χ2n) is 5.63. The molecule has 0 bridgehead atoms. The lowest BCUT2D eigenvalue weighted by Gasteiger charge is -2.13. The Labute approximate surface area is 160 Å². The molecule has 1 unspecified atom stereocenters. The predicted octanol–water partition coefficient (Wildman–Crippen LogP) is 3.03. The third-order valence-corrected chi connectivity index (χ3v) is 4.41. The molecule has 0 aromatic heterocycles. The number of methoxy groups -OCH3 is 1. The molecule has 0 heterocycles. The van der Waals surface area contributed by atoms with Crippen molar-refractivity contribution in [1.29, 1.82) is 0 Å². The van der Waals surface area contributed by atoms with Crippen LogP contribution in [0.3, 0.4) is 0 Å². The summed E-state index contributed by atoms with van der Waals surface area (Å²) in [4.78, 5) is 24.3. The van der Waals surface area contributed by atoms with E-state index < -0.39 is 11.9 Å². The van der Waals surface area contributed by atoms with Gasteiger partial charge in [0.2, 0.25) is 0 Å². The molecular formula is C19H20BrN3O3. The Morgan fingerprint density at radius 1 is 1.23 bits per heavy atom. The minimum absolute atomic E-state index is 0.338. The summed E-state index contributed by atoms with van der Waals surface area (Å²) in [5.41, 5.74) is 4.72. The molecule has 2 N–H and O–H groups in total. The van der Waals surface area contributed by atoms with Crippen molar-refractivity contribution < 1.29 is 14.3 Å². The molecule has 2 aromatic carbocycles. The van der Waals surface area contributed by atoms with E-state index in [9.17, 15) is 9.59 Å². The highest BCUT2D eigenvalue weighted by Crippen LogP contribution is 2.16. The Morgan fingerprint density at radius 3 is 2.62 bits per heavy atom. The van der Waals surface area contributed by atoms with Gasteiger partial charge in [0, 0.05) is 4.47 Å². The van der Waals surface area contributed by atoms with Gasteiger partial charge in [0.25, 0.3) is 11.8 Å². The second-order valence-corrected chi connectivity index (χ2v) is 6.49. The molecule has 0 aliphatic heterocycles. The number of rotatable bonds is 6. The van der Waals surface area contributed by atoms with Crippen molar-refractivity contribution in [2.24, 2.45) is 5.10 Å². The van der Waals surface area contributed by atoms with Crippen LogP contribution in [0.2, 0.25) is 0 Å². The van der Waals surface area contributed by atoms with Crippen molar-refractivity contribution in [3.8, 4) is 5.75 Å². The van der Waals surface area contributed by atoms with E-state index in [1.165, 1.54) is 0 Å². The van der Waals surface area contributed by atoms with Crippen LogP contribution in [0.4, 0.5) is 0 Å². The number of amides is 2.